The highest BCUT2D eigenvalue weighted by atomic mass is 19.4. The van der Waals surface area contributed by atoms with E-state index in [0.29, 0.717) is 6.54 Å². The van der Waals surface area contributed by atoms with Crippen molar-refractivity contribution >= 4 is 23.7 Å². The van der Waals surface area contributed by atoms with E-state index in [9.17, 15) is 22.8 Å². The van der Waals surface area contributed by atoms with Crippen molar-refractivity contribution in [2.45, 2.75) is 18.6 Å². The second-order valence-electron chi connectivity index (χ2n) is 5.98. The number of piperazine rings is 1. The third-order valence-corrected chi connectivity index (χ3v) is 4.07. The predicted molar refractivity (Wildman–Crippen MR) is 87.6 cm³/mol. The van der Waals surface area contributed by atoms with Crippen molar-refractivity contribution in [3.05, 3.63) is 29.8 Å². The van der Waals surface area contributed by atoms with Crippen molar-refractivity contribution < 1.29 is 37.8 Å². The average Bonchev–Trinajstić information content (AvgIpc) is 2.92. The maximum atomic E-state index is 12.3. The number of hydrogen-bond donors (Lipinski definition) is 3. The number of carboxylic acid groups (broad SMARTS) is 2. The zero-order valence-corrected chi connectivity index (χ0v) is 14.1. The molecule has 3 N–H and O–H groups in total. The van der Waals surface area contributed by atoms with Gasteiger partial charge in [-0.25, -0.2) is 9.59 Å². The Morgan fingerprint density at radius 2 is 1.78 bits per heavy atom. The van der Waals surface area contributed by atoms with Crippen LogP contribution in [0.25, 0.3) is 0 Å². The molecule has 0 aliphatic carbocycles. The molecule has 2 aliphatic rings. The molecule has 8 nitrogen and oxygen atoms in total. The maximum absolute atomic E-state index is 12.3. The number of rotatable bonds is 3. The van der Waals surface area contributed by atoms with Crippen molar-refractivity contribution in [3.63, 3.8) is 0 Å². The highest BCUT2D eigenvalue weighted by Crippen LogP contribution is 2.25. The van der Waals surface area contributed by atoms with Crippen molar-refractivity contribution in [1.82, 2.24) is 10.2 Å². The number of amides is 2. The number of carbonyl (C=O) groups excluding carboxylic acids is 1. The van der Waals surface area contributed by atoms with Crippen LogP contribution in [0, 0.1) is 0 Å². The third kappa shape index (κ3) is 5.33. The highest BCUT2D eigenvalue weighted by molar-refractivity contribution is 5.94. The van der Waals surface area contributed by atoms with Crippen LogP contribution >= 0.6 is 0 Å². The van der Waals surface area contributed by atoms with E-state index in [0.717, 1.165) is 30.9 Å². The van der Waals surface area contributed by atoms with E-state index in [-0.39, 0.29) is 18.5 Å². The summed E-state index contributed by atoms with van der Waals surface area (Å²) in [5.74, 6) is -3.61. The van der Waals surface area contributed by atoms with Gasteiger partial charge < -0.3 is 20.4 Å². The highest BCUT2D eigenvalue weighted by Gasteiger charge is 2.39. The third-order valence-electron chi connectivity index (χ3n) is 4.07. The van der Waals surface area contributed by atoms with Gasteiger partial charge in [-0.3, -0.25) is 9.69 Å². The van der Waals surface area contributed by atoms with Crippen molar-refractivity contribution in [2.24, 2.45) is 0 Å². The van der Waals surface area contributed by atoms with Crippen LogP contribution in [0.1, 0.15) is 5.56 Å². The van der Waals surface area contributed by atoms with E-state index in [1.807, 2.05) is 17.0 Å². The molecule has 1 aromatic rings. The van der Waals surface area contributed by atoms with E-state index in [4.69, 9.17) is 15.0 Å². The molecule has 0 bridgehead atoms. The normalized spacial score (nSPS) is 19.2. The second-order valence-corrected chi connectivity index (χ2v) is 5.98. The number of aliphatic carboxylic acids is 2. The Bertz CT molecular complexity index is 708. The first-order chi connectivity index (χ1) is 12.6. The molecule has 3 rings (SSSR count). The molecule has 2 aliphatic heterocycles. The summed E-state index contributed by atoms with van der Waals surface area (Å²) in [5.41, 5.74) is 1.57. The molecule has 148 valence electrons. The van der Waals surface area contributed by atoms with Gasteiger partial charge in [0, 0.05) is 31.9 Å². The zero-order valence-electron chi connectivity index (χ0n) is 14.1. The Morgan fingerprint density at radius 3 is 2.26 bits per heavy atom. The summed E-state index contributed by atoms with van der Waals surface area (Å²) < 4.78 is 31.7. The Labute approximate surface area is 152 Å². The number of urea groups is 1. The molecule has 27 heavy (non-hydrogen) atoms. The summed E-state index contributed by atoms with van der Waals surface area (Å²) in [6.07, 6.45) is -5.08. The molecule has 0 spiro atoms. The Balaban J connectivity index is 0.000000321. The van der Waals surface area contributed by atoms with Crippen molar-refractivity contribution in [3.8, 4) is 0 Å². The van der Waals surface area contributed by atoms with Crippen LogP contribution in [-0.4, -0.2) is 71.5 Å². The minimum absolute atomic E-state index is 0.00684. The van der Waals surface area contributed by atoms with E-state index in [2.05, 4.69) is 5.32 Å². The fourth-order valence-corrected chi connectivity index (χ4v) is 2.80. The SMILES string of the molecule is O=C(O)C(F)(F)F.O=C(O)Cc1ccc(N2CC3CNCCN3C2=O)cc1. The molecule has 1 aromatic carbocycles. The minimum atomic E-state index is -5.08. The smallest absolute Gasteiger partial charge is 0.481 e. The lowest BCUT2D eigenvalue weighted by atomic mass is 10.1. The van der Waals surface area contributed by atoms with Crippen LogP contribution < -0.4 is 10.2 Å². The lowest BCUT2D eigenvalue weighted by Crippen LogP contribution is -2.49. The molecule has 2 saturated heterocycles. The van der Waals surface area contributed by atoms with Gasteiger partial charge in [0.15, 0.2) is 0 Å². The molecule has 1 unspecified atom stereocenters. The van der Waals surface area contributed by atoms with Gasteiger partial charge in [0.1, 0.15) is 0 Å². The molecular weight excluding hydrogens is 371 g/mol. The van der Waals surface area contributed by atoms with Gasteiger partial charge in [0.25, 0.3) is 0 Å². The Kier molecular flexibility index (Phi) is 6.26. The van der Waals surface area contributed by atoms with E-state index in [1.165, 1.54) is 0 Å². The van der Waals surface area contributed by atoms with Gasteiger partial charge in [-0.15, -0.1) is 0 Å². The lowest BCUT2D eigenvalue weighted by Gasteiger charge is -2.28. The first kappa shape index (κ1) is 20.5. The molecular formula is C16H18F3N3O5. The Hall–Kier alpha value is -2.82. The number of halogens is 3. The summed E-state index contributed by atoms with van der Waals surface area (Å²) in [6, 6.07) is 7.46. The maximum Gasteiger partial charge on any atom is 0.490 e. The Morgan fingerprint density at radius 1 is 1.19 bits per heavy atom. The topological polar surface area (TPSA) is 110 Å². The number of carbonyl (C=O) groups is 3. The summed E-state index contributed by atoms with van der Waals surface area (Å²) in [6.45, 7) is 3.11. The lowest BCUT2D eigenvalue weighted by molar-refractivity contribution is -0.192. The zero-order chi connectivity index (χ0) is 20.2. The van der Waals surface area contributed by atoms with E-state index < -0.39 is 18.1 Å². The molecule has 11 heteroatoms. The van der Waals surface area contributed by atoms with Gasteiger partial charge in [0.05, 0.1) is 12.5 Å². The van der Waals surface area contributed by atoms with E-state index >= 15 is 0 Å². The van der Waals surface area contributed by atoms with Gasteiger partial charge in [-0.1, -0.05) is 12.1 Å². The molecule has 2 heterocycles. The number of fused-ring (bicyclic) bond motifs is 1. The number of hydrogen-bond acceptors (Lipinski definition) is 4. The van der Waals surface area contributed by atoms with Gasteiger partial charge >= 0.3 is 24.1 Å². The van der Waals surface area contributed by atoms with Crippen molar-refractivity contribution in [1.29, 1.82) is 0 Å². The standard InChI is InChI=1S/C14H17N3O3.C2HF3O2/c18-13(19)7-10-1-3-11(4-2-10)17-9-12-8-15-5-6-16(12)14(17)20;3-2(4,5)1(6)7/h1-4,12,15H,5-9H2,(H,18,19);(H,6,7). The second kappa shape index (κ2) is 8.25. The molecule has 0 aromatic heterocycles. The van der Waals surface area contributed by atoms with Crippen LogP contribution in [0.5, 0.6) is 0 Å². The summed E-state index contributed by atoms with van der Waals surface area (Å²) in [4.78, 5) is 35.6. The van der Waals surface area contributed by atoms with Crippen LogP contribution in [0.15, 0.2) is 24.3 Å². The molecule has 0 saturated carbocycles. The van der Waals surface area contributed by atoms with Crippen LogP contribution in [0.2, 0.25) is 0 Å². The van der Waals surface area contributed by atoms with Gasteiger partial charge in [-0.05, 0) is 17.7 Å². The van der Waals surface area contributed by atoms with Crippen LogP contribution in [0.3, 0.4) is 0 Å². The predicted octanol–water partition coefficient (Wildman–Crippen LogP) is 1.16. The largest absolute Gasteiger partial charge is 0.490 e. The number of nitrogens with zero attached hydrogens (tertiary/aromatic N) is 2. The van der Waals surface area contributed by atoms with Crippen LogP contribution in [-0.2, 0) is 16.0 Å². The first-order valence-electron chi connectivity index (χ1n) is 7.99. The average molecular weight is 389 g/mol. The number of alkyl halides is 3. The summed E-state index contributed by atoms with van der Waals surface area (Å²) in [7, 11) is 0. The van der Waals surface area contributed by atoms with Crippen molar-refractivity contribution in [2.75, 3.05) is 31.1 Å². The monoisotopic (exact) mass is 389 g/mol. The first-order valence-corrected chi connectivity index (χ1v) is 7.99. The van der Waals surface area contributed by atoms with Gasteiger partial charge in [0.2, 0.25) is 0 Å². The quantitative estimate of drug-likeness (QED) is 0.716. The molecule has 1 atom stereocenters. The minimum Gasteiger partial charge on any atom is -0.481 e. The fraction of sp³-hybridized carbons (Fsp3) is 0.438. The number of anilines is 1. The summed E-state index contributed by atoms with van der Waals surface area (Å²) >= 11 is 0. The molecule has 0 radical (unpaired) electrons. The van der Waals surface area contributed by atoms with Crippen LogP contribution in [0.4, 0.5) is 23.7 Å². The number of benzene rings is 1. The number of carboxylic acids is 2. The van der Waals surface area contributed by atoms with E-state index in [1.54, 1.807) is 17.0 Å². The molecule has 2 amide bonds. The molecule has 2 fully saturated rings. The number of nitrogens with one attached hydrogen (secondary N) is 1. The summed E-state index contributed by atoms with van der Waals surface area (Å²) in [5, 5.41) is 19.2. The fourth-order valence-electron chi connectivity index (χ4n) is 2.80. The van der Waals surface area contributed by atoms with Gasteiger partial charge in [-0.2, -0.15) is 13.2 Å².